The van der Waals surface area contributed by atoms with E-state index in [1.54, 1.807) is 0 Å². The molecule has 0 aromatic heterocycles. The van der Waals surface area contributed by atoms with E-state index in [9.17, 15) is 14.7 Å². The number of likely N-dealkylation sites (tertiary alicyclic amines) is 1. The Morgan fingerprint density at radius 1 is 1.09 bits per heavy atom. The van der Waals surface area contributed by atoms with Gasteiger partial charge < -0.3 is 14.9 Å². The largest absolute Gasteiger partial charge is 0.391 e. The Hall–Kier alpha value is -1.14. The van der Waals surface area contributed by atoms with Crippen molar-refractivity contribution in [3.8, 4) is 0 Å². The van der Waals surface area contributed by atoms with Gasteiger partial charge in [-0.2, -0.15) is 0 Å². The van der Waals surface area contributed by atoms with Gasteiger partial charge in [0.2, 0.25) is 11.8 Å². The summed E-state index contributed by atoms with van der Waals surface area (Å²) in [5.74, 6) is 0.346. The van der Waals surface area contributed by atoms with Crippen molar-refractivity contribution in [3.63, 3.8) is 0 Å². The first kappa shape index (κ1) is 15.7. The number of aliphatic hydroxyl groups excluding tert-OH is 1. The van der Waals surface area contributed by atoms with Crippen LogP contribution in [0.15, 0.2) is 0 Å². The van der Waals surface area contributed by atoms with Crippen LogP contribution < -0.4 is 0 Å². The van der Waals surface area contributed by atoms with E-state index < -0.39 is 0 Å². The molecule has 2 saturated heterocycles. The molecule has 22 heavy (non-hydrogen) atoms. The Morgan fingerprint density at radius 2 is 1.86 bits per heavy atom. The van der Waals surface area contributed by atoms with Gasteiger partial charge in [-0.05, 0) is 25.7 Å². The smallest absolute Gasteiger partial charge is 0.224 e. The first-order valence-electron chi connectivity index (χ1n) is 8.63. The van der Waals surface area contributed by atoms with E-state index in [2.05, 4.69) is 4.90 Å². The number of hydrogen-bond acceptors (Lipinski definition) is 4. The summed E-state index contributed by atoms with van der Waals surface area (Å²) in [4.78, 5) is 29.9. The van der Waals surface area contributed by atoms with Crippen LogP contribution in [0.5, 0.6) is 0 Å². The van der Waals surface area contributed by atoms with Gasteiger partial charge in [0.05, 0.1) is 6.10 Å². The monoisotopic (exact) mass is 309 g/mol. The maximum Gasteiger partial charge on any atom is 0.224 e. The molecular weight excluding hydrogens is 282 g/mol. The van der Waals surface area contributed by atoms with Crippen molar-refractivity contribution < 1.29 is 14.7 Å². The van der Waals surface area contributed by atoms with Crippen molar-refractivity contribution in [2.45, 2.75) is 50.7 Å². The van der Waals surface area contributed by atoms with E-state index in [0.29, 0.717) is 25.4 Å². The Labute approximate surface area is 132 Å². The first-order valence-corrected chi connectivity index (χ1v) is 8.63. The van der Waals surface area contributed by atoms with Gasteiger partial charge in [0.25, 0.3) is 0 Å². The minimum absolute atomic E-state index is 0.159. The van der Waals surface area contributed by atoms with Crippen LogP contribution >= 0.6 is 0 Å². The predicted octanol–water partition coefficient (Wildman–Crippen LogP) is 0.0565. The summed E-state index contributed by atoms with van der Waals surface area (Å²) >= 11 is 0. The van der Waals surface area contributed by atoms with Crippen LogP contribution in [0.2, 0.25) is 0 Å². The lowest BCUT2D eigenvalue weighted by molar-refractivity contribution is -0.134. The fourth-order valence-corrected chi connectivity index (χ4v) is 3.98. The van der Waals surface area contributed by atoms with Gasteiger partial charge in [0.1, 0.15) is 0 Å². The van der Waals surface area contributed by atoms with Crippen LogP contribution in [0.4, 0.5) is 0 Å². The summed E-state index contributed by atoms with van der Waals surface area (Å²) in [6, 6.07) is 0.291. The van der Waals surface area contributed by atoms with Gasteiger partial charge in [-0.15, -0.1) is 0 Å². The molecule has 2 amide bonds. The van der Waals surface area contributed by atoms with Crippen molar-refractivity contribution >= 4 is 11.8 Å². The average Bonchev–Trinajstić information content (AvgIpc) is 3.13. The van der Waals surface area contributed by atoms with Gasteiger partial charge >= 0.3 is 0 Å². The van der Waals surface area contributed by atoms with Gasteiger partial charge in [-0.25, -0.2) is 0 Å². The number of piperazine rings is 1. The zero-order valence-corrected chi connectivity index (χ0v) is 13.2. The molecule has 124 valence electrons. The number of carbonyl (C=O) groups is 2. The van der Waals surface area contributed by atoms with Crippen molar-refractivity contribution in [2.24, 2.45) is 0 Å². The van der Waals surface area contributed by atoms with Gasteiger partial charge in [-0.1, -0.05) is 0 Å². The number of hydrogen-bond donors (Lipinski definition) is 1. The zero-order chi connectivity index (χ0) is 15.5. The van der Waals surface area contributed by atoms with Crippen molar-refractivity contribution in [1.82, 2.24) is 14.7 Å². The van der Waals surface area contributed by atoms with Crippen molar-refractivity contribution in [2.75, 3.05) is 39.3 Å². The van der Waals surface area contributed by atoms with Gasteiger partial charge in [0.15, 0.2) is 0 Å². The van der Waals surface area contributed by atoms with Crippen LogP contribution in [0.3, 0.4) is 0 Å². The minimum Gasteiger partial charge on any atom is -0.391 e. The highest BCUT2D eigenvalue weighted by Gasteiger charge is 2.33. The van der Waals surface area contributed by atoms with E-state index in [0.717, 1.165) is 58.4 Å². The molecule has 0 spiro atoms. The summed E-state index contributed by atoms with van der Waals surface area (Å²) < 4.78 is 0. The van der Waals surface area contributed by atoms with Crippen LogP contribution in [-0.4, -0.2) is 83.0 Å². The molecule has 2 unspecified atom stereocenters. The molecule has 1 N–H and O–H groups in total. The molecule has 1 aliphatic carbocycles. The zero-order valence-electron chi connectivity index (χ0n) is 13.2. The highest BCUT2D eigenvalue weighted by atomic mass is 16.3. The lowest BCUT2D eigenvalue weighted by atomic mass is 10.1. The predicted molar refractivity (Wildman–Crippen MR) is 82.2 cm³/mol. The minimum atomic E-state index is -0.191. The lowest BCUT2D eigenvalue weighted by Crippen LogP contribution is -2.53. The molecule has 2 aliphatic heterocycles. The number of aliphatic hydroxyl groups is 1. The van der Waals surface area contributed by atoms with E-state index in [-0.39, 0.29) is 17.9 Å². The highest BCUT2D eigenvalue weighted by Crippen LogP contribution is 2.25. The third kappa shape index (κ3) is 3.43. The molecule has 0 aromatic carbocycles. The normalized spacial score (nSPS) is 30.3. The quantitative estimate of drug-likeness (QED) is 0.797. The molecule has 3 rings (SSSR count). The lowest BCUT2D eigenvalue weighted by Gasteiger charge is -2.39. The SMILES string of the molecule is O=C1CCCN1CCC(=O)N1CCN(C2CCCC2O)CC1. The second-order valence-corrected chi connectivity index (χ2v) is 6.72. The van der Waals surface area contributed by atoms with Crippen molar-refractivity contribution in [1.29, 1.82) is 0 Å². The fraction of sp³-hybridized carbons (Fsp3) is 0.875. The molecule has 3 aliphatic rings. The molecule has 3 fully saturated rings. The standard InChI is InChI=1S/C16H27N3O3/c20-14-4-1-3-13(14)17-9-11-19(12-10-17)16(22)6-8-18-7-2-5-15(18)21/h13-14,20H,1-12H2. The molecular formula is C16H27N3O3. The maximum atomic E-state index is 12.3. The van der Waals surface area contributed by atoms with Crippen LogP contribution in [0.1, 0.15) is 38.5 Å². The van der Waals surface area contributed by atoms with Crippen molar-refractivity contribution in [3.05, 3.63) is 0 Å². The number of amides is 2. The number of rotatable bonds is 4. The molecule has 1 saturated carbocycles. The van der Waals surface area contributed by atoms with E-state index in [1.165, 1.54) is 0 Å². The molecule has 0 bridgehead atoms. The topological polar surface area (TPSA) is 64.1 Å². The number of carbonyl (C=O) groups excluding carboxylic acids is 2. The average molecular weight is 309 g/mol. The van der Waals surface area contributed by atoms with Gasteiger partial charge in [0, 0.05) is 58.2 Å². The molecule has 2 atom stereocenters. The molecule has 0 radical (unpaired) electrons. The van der Waals surface area contributed by atoms with Gasteiger partial charge in [-0.3, -0.25) is 14.5 Å². The second kappa shape index (κ2) is 6.96. The highest BCUT2D eigenvalue weighted by molar-refractivity contribution is 5.80. The maximum absolute atomic E-state index is 12.3. The Morgan fingerprint density at radius 3 is 2.45 bits per heavy atom. The molecule has 6 heteroatoms. The number of nitrogens with zero attached hydrogens (tertiary/aromatic N) is 3. The summed E-state index contributed by atoms with van der Waals surface area (Å²) in [6.07, 6.45) is 4.90. The summed E-state index contributed by atoms with van der Waals surface area (Å²) in [5, 5.41) is 9.99. The molecule has 6 nitrogen and oxygen atoms in total. The summed E-state index contributed by atoms with van der Waals surface area (Å²) in [6.45, 7) is 4.58. The summed E-state index contributed by atoms with van der Waals surface area (Å²) in [5.41, 5.74) is 0. The van der Waals surface area contributed by atoms with E-state index >= 15 is 0 Å². The Balaban J connectivity index is 1.41. The van der Waals surface area contributed by atoms with E-state index in [1.807, 2.05) is 9.80 Å². The fourth-order valence-electron chi connectivity index (χ4n) is 3.98. The molecule has 2 heterocycles. The third-order valence-corrected chi connectivity index (χ3v) is 5.35. The van der Waals surface area contributed by atoms with Crippen LogP contribution in [0, 0.1) is 0 Å². The summed E-state index contributed by atoms with van der Waals surface area (Å²) in [7, 11) is 0. The third-order valence-electron chi connectivity index (χ3n) is 5.35. The van der Waals surface area contributed by atoms with Crippen LogP contribution in [-0.2, 0) is 9.59 Å². The van der Waals surface area contributed by atoms with Crippen LogP contribution in [0.25, 0.3) is 0 Å². The first-order chi connectivity index (χ1) is 10.6. The van der Waals surface area contributed by atoms with E-state index in [4.69, 9.17) is 0 Å². The second-order valence-electron chi connectivity index (χ2n) is 6.72. The Bertz CT molecular complexity index is 421. The molecule has 0 aromatic rings. The Kier molecular flexibility index (Phi) is 4.98.